The van der Waals surface area contributed by atoms with Crippen LogP contribution in [0.2, 0.25) is 5.15 Å². The van der Waals surface area contributed by atoms with E-state index in [1.54, 1.807) is 35.3 Å². The van der Waals surface area contributed by atoms with Gasteiger partial charge in [0.1, 0.15) is 5.52 Å². The number of carbonyl (C=O) groups excluding carboxylic acids is 1. The number of hydrogen-bond donors (Lipinski definition) is 2. The van der Waals surface area contributed by atoms with Crippen molar-refractivity contribution in [3.05, 3.63) is 47.6 Å². The van der Waals surface area contributed by atoms with Gasteiger partial charge >= 0.3 is 0 Å². The number of aryl methyl sites for hydroxylation is 1. The molecule has 4 rings (SSSR count). The summed E-state index contributed by atoms with van der Waals surface area (Å²) >= 11 is 5.97. The lowest BCUT2D eigenvalue weighted by atomic mass is 10.1. The molecule has 0 saturated heterocycles. The van der Waals surface area contributed by atoms with Crippen molar-refractivity contribution >= 4 is 40.0 Å². The summed E-state index contributed by atoms with van der Waals surface area (Å²) in [5.41, 5.74) is 2.19. The van der Waals surface area contributed by atoms with Crippen LogP contribution in [0.1, 0.15) is 14.6 Å². The average Bonchev–Trinajstić information content (AvgIpc) is 3.12. The fourth-order valence-corrected chi connectivity index (χ4v) is 3.06. The third kappa shape index (κ3) is 3.48. The number of carbonyl (C=O) groups is 1. The molecule has 0 aliphatic heterocycles. The highest BCUT2D eigenvalue weighted by Crippen LogP contribution is 2.37. The molecule has 4 aromatic rings. The van der Waals surface area contributed by atoms with Crippen LogP contribution in [0, 0.1) is 0 Å². The third-order valence-corrected chi connectivity index (χ3v) is 4.46. The van der Waals surface area contributed by atoms with Crippen LogP contribution in [0.15, 0.2) is 36.8 Å². The van der Waals surface area contributed by atoms with Gasteiger partial charge in [0.25, 0.3) is 5.91 Å². The average molecular weight is 428 g/mol. The van der Waals surface area contributed by atoms with Crippen LogP contribution in [-0.2, 0) is 7.05 Å². The molecular weight excluding hydrogens is 408 g/mol. The van der Waals surface area contributed by atoms with Crippen LogP contribution >= 0.6 is 11.6 Å². The number of benzene rings is 1. The Morgan fingerprint density at radius 1 is 1.27 bits per heavy atom. The molecule has 2 N–H and O–H groups in total. The van der Waals surface area contributed by atoms with Crippen LogP contribution < -0.4 is 15.4 Å². The maximum atomic E-state index is 12.4. The van der Waals surface area contributed by atoms with Crippen LogP contribution in [0.5, 0.6) is 5.75 Å². The summed E-state index contributed by atoms with van der Waals surface area (Å²) < 4.78 is 29.2. The van der Waals surface area contributed by atoms with Gasteiger partial charge < -0.3 is 19.9 Å². The molecule has 0 unspecified atom stereocenters. The van der Waals surface area contributed by atoms with Crippen molar-refractivity contribution in [2.45, 2.75) is 0 Å². The number of imidazole rings is 1. The van der Waals surface area contributed by atoms with Gasteiger partial charge in [0, 0.05) is 24.2 Å². The standard InChI is InChI=1S/C19H17ClN8O2/c1-21-19(29)15-12(7-14(20)26-27-15)24-11-6-4-5-10(16(11)30-3)17-22-8-13-18(25-17)28(2)9-23-13/h4-9H,1-3H3,(H,21,29)(H,24,26)/i1D3. The SMILES string of the molecule is [2H]C([2H])([2H])NC(=O)c1nnc(Cl)cc1Nc1cccc(-c2ncc3ncn(C)c3n2)c1OC. The minimum absolute atomic E-state index is 0.00282. The highest BCUT2D eigenvalue weighted by molar-refractivity contribution is 6.29. The summed E-state index contributed by atoms with van der Waals surface area (Å²) in [4.78, 5) is 25.6. The predicted molar refractivity (Wildman–Crippen MR) is 112 cm³/mol. The lowest BCUT2D eigenvalue weighted by Crippen LogP contribution is -2.21. The molecule has 152 valence electrons. The molecule has 0 aliphatic carbocycles. The molecule has 11 heteroatoms. The van der Waals surface area contributed by atoms with Gasteiger partial charge in [-0.25, -0.2) is 15.0 Å². The molecule has 0 saturated carbocycles. The Morgan fingerprint density at radius 3 is 2.93 bits per heavy atom. The second-order valence-corrected chi connectivity index (χ2v) is 6.54. The molecule has 3 aromatic heterocycles. The van der Waals surface area contributed by atoms with E-state index in [1.807, 2.05) is 12.4 Å². The monoisotopic (exact) mass is 427 g/mol. The van der Waals surface area contributed by atoms with Gasteiger partial charge in [-0.2, -0.15) is 0 Å². The van der Waals surface area contributed by atoms with Gasteiger partial charge in [-0.3, -0.25) is 4.79 Å². The van der Waals surface area contributed by atoms with Crippen molar-refractivity contribution < 1.29 is 13.6 Å². The van der Waals surface area contributed by atoms with E-state index in [9.17, 15) is 4.79 Å². The number of halogens is 1. The lowest BCUT2D eigenvalue weighted by Gasteiger charge is -2.16. The summed E-state index contributed by atoms with van der Waals surface area (Å²) in [6.45, 7) is -2.70. The minimum atomic E-state index is -2.70. The summed E-state index contributed by atoms with van der Waals surface area (Å²) in [5.74, 6) is -0.159. The normalized spacial score (nSPS) is 12.7. The summed E-state index contributed by atoms with van der Waals surface area (Å²) in [7, 11) is 3.31. The van der Waals surface area contributed by atoms with Crippen molar-refractivity contribution in [1.29, 1.82) is 0 Å². The number of amides is 1. The Balaban J connectivity index is 1.76. The summed E-state index contributed by atoms with van der Waals surface area (Å²) in [6, 6.07) is 6.58. The number of ether oxygens (including phenoxy) is 1. The van der Waals surface area contributed by atoms with E-state index in [-0.39, 0.29) is 16.5 Å². The Morgan fingerprint density at radius 2 is 2.13 bits per heavy atom. The first kappa shape index (κ1) is 16.1. The molecule has 0 bridgehead atoms. The number of nitrogens with one attached hydrogen (secondary N) is 2. The maximum absolute atomic E-state index is 12.4. The summed E-state index contributed by atoms with van der Waals surface area (Å²) in [6.07, 6.45) is 3.26. The van der Waals surface area contributed by atoms with Crippen molar-refractivity contribution in [3.63, 3.8) is 0 Å². The zero-order valence-corrected chi connectivity index (χ0v) is 16.6. The van der Waals surface area contributed by atoms with Crippen molar-refractivity contribution in [2.75, 3.05) is 19.4 Å². The van der Waals surface area contributed by atoms with E-state index >= 15 is 0 Å². The predicted octanol–water partition coefficient (Wildman–Crippen LogP) is 2.59. The van der Waals surface area contributed by atoms with Gasteiger partial charge in [0.15, 0.2) is 28.1 Å². The molecular formula is C19H17ClN8O2. The van der Waals surface area contributed by atoms with Gasteiger partial charge in [-0.1, -0.05) is 17.7 Å². The molecule has 0 radical (unpaired) electrons. The first-order valence-electron chi connectivity index (χ1n) is 10.1. The summed E-state index contributed by atoms with van der Waals surface area (Å²) in [5, 5.41) is 12.3. The zero-order valence-electron chi connectivity index (χ0n) is 18.8. The quantitative estimate of drug-likeness (QED) is 0.498. The largest absolute Gasteiger partial charge is 0.494 e. The Hall–Kier alpha value is -3.79. The number of aromatic nitrogens is 6. The second-order valence-electron chi connectivity index (χ2n) is 6.15. The van der Waals surface area contributed by atoms with Crippen LogP contribution in [0.25, 0.3) is 22.6 Å². The molecule has 0 aliphatic rings. The maximum Gasteiger partial charge on any atom is 0.273 e. The van der Waals surface area contributed by atoms with Crippen LogP contribution in [-0.4, -0.2) is 49.7 Å². The highest BCUT2D eigenvalue weighted by Gasteiger charge is 2.18. The number of methoxy groups -OCH3 is 1. The molecule has 1 aromatic carbocycles. The van der Waals surface area contributed by atoms with E-state index < -0.39 is 12.9 Å². The molecule has 30 heavy (non-hydrogen) atoms. The molecule has 3 heterocycles. The number of anilines is 2. The van der Waals surface area contributed by atoms with Gasteiger partial charge in [-0.05, 0) is 12.1 Å². The second kappa shape index (κ2) is 7.91. The lowest BCUT2D eigenvalue weighted by molar-refractivity contribution is 0.0958. The van der Waals surface area contributed by atoms with Crippen LogP contribution in [0.3, 0.4) is 0 Å². The van der Waals surface area contributed by atoms with E-state index in [4.69, 9.17) is 20.5 Å². The first-order valence-corrected chi connectivity index (χ1v) is 8.98. The van der Waals surface area contributed by atoms with E-state index in [0.717, 1.165) is 0 Å². The Bertz CT molecular complexity index is 1360. The van der Waals surface area contributed by atoms with E-state index in [0.29, 0.717) is 34.0 Å². The number of rotatable bonds is 5. The van der Waals surface area contributed by atoms with Gasteiger partial charge in [0.2, 0.25) is 0 Å². The molecule has 0 atom stereocenters. The van der Waals surface area contributed by atoms with Crippen LogP contribution in [0.4, 0.5) is 11.4 Å². The number of hydrogen-bond acceptors (Lipinski definition) is 8. The zero-order chi connectivity index (χ0) is 23.8. The highest BCUT2D eigenvalue weighted by atomic mass is 35.5. The third-order valence-electron chi connectivity index (χ3n) is 4.28. The van der Waals surface area contributed by atoms with Crippen molar-refractivity contribution in [2.24, 2.45) is 7.05 Å². The van der Waals surface area contributed by atoms with Gasteiger partial charge in [-0.15, -0.1) is 10.2 Å². The van der Waals surface area contributed by atoms with Gasteiger partial charge in [0.05, 0.1) is 36.6 Å². The number of nitrogens with zero attached hydrogens (tertiary/aromatic N) is 6. The molecule has 0 fully saturated rings. The van der Waals surface area contributed by atoms with Crippen molar-refractivity contribution in [1.82, 2.24) is 35.0 Å². The van der Waals surface area contributed by atoms with E-state index in [2.05, 4.69) is 30.5 Å². The first-order chi connectivity index (χ1) is 15.7. The Kier molecular flexibility index (Phi) is 4.24. The topological polar surface area (TPSA) is 120 Å². The number of fused-ring (bicyclic) bond motifs is 1. The molecule has 10 nitrogen and oxygen atoms in total. The Labute approximate surface area is 180 Å². The molecule has 0 spiro atoms. The van der Waals surface area contributed by atoms with E-state index in [1.165, 1.54) is 13.2 Å². The number of para-hydroxylation sites is 1. The smallest absolute Gasteiger partial charge is 0.273 e. The van der Waals surface area contributed by atoms with Crippen molar-refractivity contribution in [3.8, 4) is 17.1 Å². The molecule has 1 amide bonds. The minimum Gasteiger partial charge on any atom is -0.494 e. The fraction of sp³-hybridized carbons (Fsp3) is 0.158. The fourth-order valence-electron chi connectivity index (χ4n) is 2.92.